The van der Waals surface area contributed by atoms with E-state index < -0.39 is 0 Å². The van der Waals surface area contributed by atoms with Crippen molar-refractivity contribution in [1.82, 2.24) is 11.0 Å². The summed E-state index contributed by atoms with van der Waals surface area (Å²) in [6.07, 6.45) is 2.42. The molecule has 0 saturated carbocycles. The monoisotopic (exact) mass is 294 g/mol. The maximum Gasteiger partial charge on any atom is 0.122 e. The molecule has 6 nitrogen and oxygen atoms in total. The van der Waals surface area contributed by atoms with Crippen LogP contribution >= 0.6 is 21.6 Å². The topological polar surface area (TPSA) is 76.7 Å². The molecule has 2 unspecified atom stereocenters. The van der Waals surface area contributed by atoms with E-state index in [1.807, 2.05) is 0 Å². The molecule has 1 aliphatic heterocycles. The van der Waals surface area contributed by atoms with Crippen LogP contribution in [0.15, 0.2) is 0 Å². The lowest BCUT2D eigenvalue weighted by Gasteiger charge is -2.30. The fraction of sp³-hybridized carbons (Fsp3) is 0.800. The van der Waals surface area contributed by atoms with Gasteiger partial charge in [-0.2, -0.15) is 11.0 Å². The Morgan fingerprint density at radius 1 is 0.944 bits per heavy atom. The third-order valence-electron chi connectivity index (χ3n) is 2.21. The van der Waals surface area contributed by atoms with Crippen molar-refractivity contribution in [3.05, 3.63) is 0 Å². The first-order chi connectivity index (χ1) is 8.88. The fourth-order valence-electron chi connectivity index (χ4n) is 1.25. The third kappa shape index (κ3) is 6.72. The molecular weight excluding hydrogens is 276 g/mol. The summed E-state index contributed by atoms with van der Waals surface area (Å²) in [6.45, 7) is 0.743. The van der Waals surface area contributed by atoms with Gasteiger partial charge in [-0.1, -0.05) is 21.6 Å². The second-order valence-corrected chi connectivity index (χ2v) is 6.18. The molecule has 0 aromatic rings. The minimum atomic E-state index is 0.124. The molecule has 0 amide bonds. The molecule has 2 atom stereocenters. The number of hydrogen-bond donors (Lipinski definition) is 2. The number of hydrogen-bond acceptors (Lipinski definition) is 8. The van der Waals surface area contributed by atoms with Crippen LogP contribution in [0.4, 0.5) is 0 Å². The van der Waals surface area contributed by atoms with Gasteiger partial charge in [0.05, 0.1) is 25.3 Å². The van der Waals surface area contributed by atoms with Crippen molar-refractivity contribution in [3.8, 4) is 0 Å². The van der Waals surface area contributed by atoms with Crippen LogP contribution in [0.1, 0.15) is 12.8 Å². The van der Waals surface area contributed by atoms with Gasteiger partial charge in [0.15, 0.2) is 0 Å². The highest BCUT2D eigenvalue weighted by Gasteiger charge is 2.26. The van der Waals surface area contributed by atoms with Crippen LogP contribution < -0.4 is 11.0 Å². The van der Waals surface area contributed by atoms with Crippen molar-refractivity contribution in [1.29, 1.82) is 0 Å². The molecule has 1 aliphatic rings. The van der Waals surface area contributed by atoms with Gasteiger partial charge in [-0.3, -0.25) is 0 Å². The van der Waals surface area contributed by atoms with Crippen LogP contribution in [0.5, 0.6) is 0 Å². The average molecular weight is 294 g/mol. The molecule has 18 heavy (non-hydrogen) atoms. The maximum absolute atomic E-state index is 10.1. The summed E-state index contributed by atoms with van der Waals surface area (Å²) < 4.78 is 0. The van der Waals surface area contributed by atoms with Crippen LogP contribution in [-0.4, -0.2) is 49.4 Å². The predicted octanol–water partition coefficient (Wildman–Crippen LogP) is 0.339. The van der Waals surface area contributed by atoms with E-state index >= 15 is 0 Å². The SMILES string of the molecule is O=CCCONC1CSSCC1NOCCC=O. The van der Waals surface area contributed by atoms with Crippen molar-refractivity contribution in [2.24, 2.45) is 0 Å². The molecule has 104 valence electrons. The van der Waals surface area contributed by atoms with E-state index in [0.717, 1.165) is 24.1 Å². The Morgan fingerprint density at radius 3 is 1.78 bits per heavy atom. The number of hydroxylamine groups is 2. The lowest BCUT2D eigenvalue weighted by molar-refractivity contribution is -0.111. The average Bonchev–Trinajstić information content (AvgIpc) is 2.41. The lowest BCUT2D eigenvalue weighted by atomic mass is 10.2. The number of aldehydes is 2. The van der Waals surface area contributed by atoms with Crippen molar-refractivity contribution in [3.63, 3.8) is 0 Å². The zero-order chi connectivity index (χ0) is 13.1. The van der Waals surface area contributed by atoms with Crippen molar-refractivity contribution in [2.45, 2.75) is 24.9 Å². The molecule has 1 saturated heterocycles. The Labute approximate surface area is 114 Å². The highest BCUT2D eigenvalue weighted by atomic mass is 33.1. The second kappa shape index (κ2) is 10.8. The van der Waals surface area contributed by atoms with Crippen molar-refractivity contribution < 1.29 is 19.3 Å². The molecule has 1 fully saturated rings. The molecule has 0 radical (unpaired) electrons. The molecule has 1 rings (SSSR count). The van der Waals surface area contributed by atoms with Gasteiger partial charge in [0.25, 0.3) is 0 Å². The Bertz CT molecular complexity index is 222. The van der Waals surface area contributed by atoms with Gasteiger partial charge in [-0.25, -0.2) is 0 Å². The summed E-state index contributed by atoms with van der Waals surface area (Å²) in [5.41, 5.74) is 5.88. The normalized spacial score (nSPS) is 23.8. The van der Waals surface area contributed by atoms with E-state index in [4.69, 9.17) is 9.68 Å². The second-order valence-electron chi connectivity index (χ2n) is 3.63. The first-order valence-corrected chi connectivity index (χ1v) is 8.23. The smallest absolute Gasteiger partial charge is 0.122 e. The van der Waals surface area contributed by atoms with Crippen LogP contribution in [-0.2, 0) is 19.3 Å². The fourth-order valence-corrected chi connectivity index (χ4v) is 3.80. The Balaban J connectivity index is 2.18. The summed E-state index contributed by atoms with van der Waals surface area (Å²) in [5.74, 6) is 1.78. The highest BCUT2D eigenvalue weighted by molar-refractivity contribution is 8.76. The van der Waals surface area contributed by atoms with E-state index in [9.17, 15) is 9.59 Å². The first kappa shape index (κ1) is 15.9. The predicted molar refractivity (Wildman–Crippen MR) is 72.0 cm³/mol. The number of carbonyl (C=O) groups is 2. The zero-order valence-corrected chi connectivity index (χ0v) is 11.6. The van der Waals surface area contributed by atoms with Crippen LogP contribution in [0.25, 0.3) is 0 Å². The van der Waals surface area contributed by atoms with E-state index in [1.165, 1.54) is 0 Å². The van der Waals surface area contributed by atoms with Gasteiger partial charge in [0.1, 0.15) is 12.6 Å². The Kier molecular flexibility index (Phi) is 9.54. The molecule has 0 spiro atoms. The van der Waals surface area contributed by atoms with E-state index in [2.05, 4.69) is 11.0 Å². The Morgan fingerprint density at radius 2 is 1.39 bits per heavy atom. The summed E-state index contributed by atoms with van der Waals surface area (Å²) in [5, 5.41) is 0. The molecule has 2 N–H and O–H groups in total. The summed E-state index contributed by atoms with van der Waals surface area (Å²) in [6, 6.07) is 0.248. The largest absolute Gasteiger partial charge is 0.303 e. The first-order valence-electron chi connectivity index (χ1n) is 5.74. The van der Waals surface area contributed by atoms with Gasteiger partial charge < -0.3 is 19.3 Å². The lowest BCUT2D eigenvalue weighted by Crippen LogP contribution is -2.52. The van der Waals surface area contributed by atoms with Crippen molar-refractivity contribution >= 4 is 34.2 Å². The van der Waals surface area contributed by atoms with E-state index in [1.54, 1.807) is 21.6 Å². The Hall–Kier alpha value is -0.120. The quantitative estimate of drug-likeness (QED) is 0.258. The highest BCUT2D eigenvalue weighted by Crippen LogP contribution is 2.29. The molecule has 1 heterocycles. The summed E-state index contributed by atoms with van der Waals surface area (Å²) >= 11 is 0. The van der Waals surface area contributed by atoms with E-state index in [0.29, 0.717) is 26.1 Å². The number of rotatable bonds is 10. The minimum Gasteiger partial charge on any atom is -0.303 e. The molecular formula is C10H18N2O4S2. The number of carbonyl (C=O) groups excluding carboxylic acids is 2. The van der Waals surface area contributed by atoms with Gasteiger partial charge in [-0.15, -0.1) is 0 Å². The number of nitrogens with one attached hydrogen (secondary N) is 2. The van der Waals surface area contributed by atoms with Gasteiger partial charge in [0.2, 0.25) is 0 Å². The van der Waals surface area contributed by atoms with Gasteiger partial charge in [-0.05, 0) is 0 Å². The van der Waals surface area contributed by atoms with Crippen LogP contribution in [0, 0.1) is 0 Å². The molecule has 0 aromatic carbocycles. The van der Waals surface area contributed by atoms with Crippen LogP contribution in [0.3, 0.4) is 0 Å². The molecule has 0 aliphatic carbocycles. The maximum atomic E-state index is 10.1. The molecule has 0 bridgehead atoms. The minimum absolute atomic E-state index is 0.124. The molecule has 0 aromatic heterocycles. The van der Waals surface area contributed by atoms with Crippen molar-refractivity contribution in [2.75, 3.05) is 24.7 Å². The van der Waals surface area contributed by atoms with Crippen LogP contribution in [0.2, 0.25) is 0 Å². The standard InChI is InChI=1S/C10H18N2O4S2/c13-3-1-5-15-11-9-7-17-18-8-10(9)12-16-6-2-4-14/h3-4,9-12H,1-2,5-8H2. The zero-order valence-electron chi connectivity index (χ0n) is 10.0. The summed E-state index contributed by atoms with van der Waals surface area (Å²) in [4.78, 5) is 30.7. The van der Waals surface area contributed by atoms with E-state index in [-0.39, 0.29) is 12.1 Å². The third-order valence-corrected chi connectivity index (χ3v) is 4.68. The van der Waals surface area contributed by atoms with Gasteiger partial charge in [0, 0.05) is 24.3 Å². The molecule has 8 heteroatoms. The van der Waals surface area contributed by atoms with Gasteiger partial charge >= 0.3 is 0 Å². The summed E-state index contributed by atoms with van der Waals surface area (Å²) in [7, 11) is 3.53.